The van der Waals surface area contributed by atoms with E-state index in [9.17, 15) is 0 Å². The molecule has 0 unspecified atom stereocenters. The van der Waals surface area contributed by atoms with Gasteiger partial charge in [0.15, 0.2) is 11.5 Å². The van der Waals surface area contributed by atoms with Crippen molar-refractivity contribution in [2.24, 2.45) is 5.92 Å². The number of hydrogen-bond donors (Lipinski definition) is 1. The first kappa shape index (κ1) is 16.4. The lowest BCUT2D eigenvalue weighted by atomic mass is 10.1. The highest BCUT2D eigenvalue weighted by atomic mass is 16.5. The molecule has 0 aromatic heterocycles. The van der Waals surface area contributed by atoms with E-state index in [0.29, 0.717) is 25.6 Å². The molecule has 0 spiro atoms. The Morgan fingerprint density at radius 3 is 2.75 bits per heavy atom. The molecule has 3 heteroatoms. The van der Waals surface area contributed by atoms with E-state index >= 15 is 0 Å². The molecule has 0 heterocycles. The van der Waals surface area contributed by atoms with E-state index in [1.807, 2.05) is 19.1 Å². The zero-order valence-electron chi connectivity index (χ0n) is 12.7. The third-order valence-electron chi connectivity index (χ3n) is 2.72. The normalized spacial score (nSPS) is 10.3. The number of terminal acetylenes is 1. The van der Waals surface area contributed by atoms with Gasteiger partial charge in [0.1, 0.15) is 0 Å². The van der Waals surface area contributed by atoms with Crippen LogP contribution < -0.4 is 14.8 Å². The van der Waals surface area contributed by atoms with Crippen LogP contribution in [0.25, 0.3) is 0 Å². The molecule has 0 bridgehead atoms. The highest BCUT2D eigenvalue weighted by Crippen LogP contribution is 2.31. The van der Waals surface area contributed by atoms with Crippen molar-refractivity contribution < 1.29 is 9.47 Å². The van der Waals surface area contributed by atoms with Crippen molar-refractivity contribution in [3.8, 4) is 23.8 Å². The average Bonchev–Trinajstić information content (AvgIpc) is 2.41. The van der Waals surface area contributed by atoms with Crippen LogP contribution in [-0.2, 0) is 6.54 Å². The SMILES string of the molecule is C#CCCOc1c(CNCC(C)C)cccc1OCC. The van der Waals surface area contributed by atoms with Gasteiger partial charge in [-0.1, -0.05) is 26.0 Å². The third kappa shape index (κ3) is 5.54. The molecule has 1 rings (SSSR count). The van der Waals surface area contributed by atoms with Crippen molar-refractivity contribution in [1.29, 1.82) is 0 Å². The molecule has 0 aliphatic carbocycles. The second kappa shape index (κ2) is 9.28. The minimum absolute atomic E-state index is 0.512. The number of nitrogens with one attached hydrogen (secondary N) is 1. The molecule has 20 heavy (non-hydrogen) atoms. The minimum atomic E-state index is 0.512. The molecule has 0 amide bonds. The number of benzene rings is 1. The Hall–Kier alpha value is -1.66. The number of hydrogen-bond acceptors (Lipinski definition) is 3. The average molecular weight is 275 g/mol. The predicted molar refractivity (Wildman–Crippen MR) is 83.1 cm³/mol. The highest BCUT2D eigenvalue weighted by Gasteiger charge is 2.10. The maximum Gasteiger partial charge on any atom is 0.165 e. The predicted octanol–water partition coefficient (Wildman–Crippen LogP) is 3.23. The summed E-state index contributed by atoms with van der Waals surface area (Å²) in [6, 6.07) is 5.98. The Labute approximate surface area is 122 Å². The van der Waals surface area contributed by atoms with Gasteiger partial charge in [0.05, 0.1) is 13.2 Å². The van der Waals surface area contributed by atoms with Gasteiger partial charge in [-0.25, -0.2) is 0 Å². The van der Waals surface area contributed by atoms with Crippen LogP contribution in [0.2, 0.25) is 0 Å². The van der Waals surface area contributed by atoms with Gasteiger partial charge in [-0.15, -0.1) is 12.3 Å². The molecule has 1 aromatic rings. The maximum atomic E-state index is 5.81. The Kier molecular flexibility index (Phi) is 7.60. The van der Waals surface area contributed by atoms with Gasteiger partial charge in [0, 0.05) is 18.5 Å². The zero-order chi connectivity index (χ0) is 14.8. The van der Waals surface area contributed by atoms with E-state index < -0.39 is 0 Å². The largest absolute Gasteiger partial charge is 0.490 e. The van der Waals surface area contributed by atoms with Crippen LogP contribution in [0, 0.1) is 18.3 Å². The molecular formula is C17H25NO2. The quantitative estimate of drug-likeness (QED) is 0.554. The topological polar surface area (TPSA) is 30.5 Å². The minimum Gasteiger partial charge on any atom is -0.490 e. The smallest absolute Gasteiger partial charge is 0.165 e. The van der Waals surface area contributed by atoms with Crippen molar-refractivity contribution in [2.75, 3.05) is 19.8 Å². The van der Waals surface area contributed by atoms with Crippen molar-refractivity contribution in [3.63, 3.8) is 0 Å². The summed E-state index contributed by atoms with van der Waals surface area (Å²) in [6.07, 6.45) is 5.86. The molecule has 1 aromatic carbocycles. The van der Waals surface area contributed by atoms with Gasteiger partial charge in [0.2, 0.25) is 0 Å². The van der Waals surface area contributed by atoms with Gasteiger partial charge >= 0.3 is 0 Å². The van der Waals surface area contributed by atoms with Gasteiger partial charge in [0.25, 0.3) is 0 Å². The molecule has 0 aliphatic rings. The van der Waals surface area contributed by atoms with Crippen LogP contribution >= 0.6 is 0 Å². The summed E-state index contributed by atoms with van der Waals surface area (Å²) in [5.74, 6) is 4.80. The molecule has 1 N–H and O–H groups in total. The lowest BCUT2D eigenvalue weighted by molar-refractivity contribution is 0.278. The monoisotopic (exact) mass is 275 g/mol. The van der Waals surface area contributed by atoms with Crippen LogP contribution in [-0.4, -0.2) is 19.8 Å². The molecule has 0 radical (unpaired) electrons. The first-order chi connectivity index (χ1) is 9.69. The van der Waals surface area contributed by atoms with Crippen LogP contribution in [0.3, 0.4) is 0 Å². The Bertz CT molecular complexity index is 435. The van der Waals surface area contributed by atoms with E-state index in [1.165, 1.54) is 0 Å². The third-order valence-corrected chi connectivity index (χ3v) is 2.72. The van der Waals surface area contributed by atoms with Crippen LogP contribution in [0.1, 0.15) is 32.8 Å². The fourth-order valence-electron chi connectivity index (χ4n) is 1.84. The summed E-state index contributed by atoms with van der Waals surface area (Å²) >= 11 is 0. The van der Waals surface area contributed by atoms with Crippen molar-refractivity contribution in [3.05, 3.63) is 23.8 Å². The summed E-state index contributed by atoms with van der Waals surface area (Å²) in [6.45, 7) is 9.22. The first-order valence-corrected chi connectivity index (χ1v) is 7.20. The van der Waals surface area contributed by atoms with E-state index in [4.69, 9.17) is 15.9 Å². The standard InChI is InChI=1S/C17H25NO2/c1-5-7-11-20-17-15(13-18-12-14(3)4)9-8-10-16(17)19-6-2/h1,8-10,14,18H,6-7,11-13H2,2-4H3. The van der Waals surface area contributed by atoms with Gasteiger partial charge < -0.3 is 14.8 Å². The Morgan fingerprint density at radius 2 is 2.10 bits per heavy atom. The molecule has 0 atom stereocenters. The van der Waals surface area contributed by atoms with Gasteiger partial charge in [-0.3, -0.25) is 0 Å². The molecule has 110 valence electrons. The summed E-state index contributed by atoms with van der Waals surface area (Å²) in [5, 5.41) is 3.43. The summed E-state index contributed by atoms with van der Waals surface area (Å²) in [5.41, 5.74) is 1.11. The fraction of sp³-hybridized carbons (Fsp3) is 0.529. The summed E-state index contributed by atoms with van der Waals surface area (Å²) in [7, 11) is 0. The van der Waals surface area contributed by atoms with E-state index in [0.717, 1.165) is 30.2 Å². The van der Waals surface area contributed by atoms with Gasteiger partial charge in [-0.2, -0.15) is 0 Å². The summed E-state index contributed by atoms with van der Waals surface area (Å²) in [4.78, 5) is 0. The number of ether oxygens (including phenoxy) is 2. The first-order valence-electron chi connectivity index (χ1n) is 7.20. The van der Waals surface area contributed by atoms with Crippen LogP contribution in [0.5, 0.6) is 11.5 Å². The lowest BCUT2D eigenvalue weighted by Crippen LogP contribution is -2.19. The second-order valence-corrected chi connectivity index (χ2v) is 5.00. The fourth-order valence-corrected chi connectivity index (χ4v) is 1.84. The van der Waals surface area contributed by atoms with Crippen LogP contribution in [0.15, 0.2) is 18.2 Å². The van der Waals surface area contributed by atoms with E-state index in [2.05, 4.69) is 31.2 Å². The molecule has 0 fully saturated rings. The molecular weight excluding hydrogens is 250 g/mol. The highest BCUT2D eigenvalue weighted by molar-refractivity contribution is 5.46. The van der Waals surface area contributed by atoms with E-state index in [1.54, 1.807) is 0 Å². The van der Waals surface area contributed by atoms with Crippen LogP contribution in [0.4, 0.5) is 0 Å². The molecule has 0 saturated heterocycles. The zero-order valence-corrected chi connectivity index (χ0v) is 12.7. The second-order valence-electron chi connectivity index (χ2n) is 5.00. The number of rotatable bonds is 9. The Morgan fingerprint density at radius 1 is 1.30 bits per heavy atom. The summed E-state index contributed by atoms with van der Waals surface area (Å²) < 4.78 is 11.4. The molecule has 0 saturated carbocycles. The molecule has 0 aliphatic heterocycles. The van der Waals surface area contributed by atoms with Crippen molar-refractivity contribution in [1.82, 2.24) is 5.32 Å². The maximum absolute atomic E-state index is 5.81. The van der Waals surface area contributed by atoms with Crippen molar-refractivity contribution in [2.45, 2.75) is 33.7 Å². The Balaban J connectivity index is 2.78. The molecule has 3 nitrogen and oxygen atoms in total. The lowest BCUT2D eigenvalue weighted by Gasteiger charge is -2.16. The number of para-hydroxylation sites is 1. The van der Waals surface area contributed by atoms with Gasteiger partial charge in [-0.05, 0) is 25.5 Å². The van der Waals surface area contributed by atoms with E-state index in [-0.39, 0.29) is 0 Å². The van der Waals surface area contributed by atoms with Crippen molar-refractivity contribution >= 4 is 0 Å².